The Hall–Kier alpha value is -2.23. The van der Waals surface area contributed by atoms with E-state index in [0.29, 0.717) is 6.54 Å². The van der Waals surface area contributed by atoms with Crippen molar-refractivity contribution in [3.05, 3.63) is 59.5 Å². The molecule has 2 rings (SSSR count). The van der Waals surface area contributed by atoms with Crippen LogP contribution in [0.25, 0.3) is 6.08 Å². The first-order valence-corrected chi connectivity index (χ1v) is 6.97. The molecule has 0 bridgehead atoms. The summed E-state index contributed by atoms with van der Waals surface area (Å²) in [6.45, 7) is 6.85. The summed E-state index contributed by atoms with van der Waals surface area (Å²) in [6.07, 6.45) is 3.83. The van der Waals surface area contributed by atoms with Crippen LogP contribution in [0, 0.1) is 5.82 Å². The van der Waals surface area contributed by atoms with Crippen molar-refractivity contribution in [3.8, 4) is 0 Å². The Kier molecular flexibility index (Phi) is 4.68. The maximum atomic E-state index is 13.0. The highest BCUT2D eigenvalue weighted by Crippen LogP contribution is 2.23. The fraction of sp³-hybridized carbons (Fsp3) is 0.294. The van der Waals surface area contributed by atoms with Gasteiger partial charge in [-0.05, 0) is 42.8 Å². The fourth-order valence-electron chi connectivity index (χ4n) is 2.01. The molecule has 1 aromatic heterocycles. The van der Waals surface area contributed by atoms with Crippen molar-refractivity contribution in [1.29, 1.82) is 0 Å². The number of nitrogens with zero attached hydrogens (tertiary/aromatic N) is 2. The summed E-state index contributed by atoms with van der Waals surface area (Å²) < 4.78 is 13.0. The summed E-state index contributed by atoms with van der Waals surface area (Å²) in [5.74, 6) is 0.520. The number of halogens is 1. The number of benzene rings is 1. The van der Waals surface area contributed by atoms with Gasteiger partial charge in [0.05, 0.1) is 5.69 Å². The molecule has 0 spiro atoms. The van der Waals surface area contributed by atoms with Crippen LogP contribution in [0.15, 0.2) is 42.5 Å². The number of nitrogens with one attached hydrogen (secondary N) is 1. The Morgan fingerprint density at radius 3 is 2.38 bits per heavy atom. The minimum absolute atomic E-state index is 0.128. The minimum atomic E-state index is -0.215. The second-order valence-corrected chi connectivity index (χ2v) is 5.59. The second-order valence-electron chi connectivity index (χ2n) is 5.59. The first-order chi connectivity index (χ1) is 10.0. The molecule has 21 heavy (non-hydrogen) atoms. The van der Waals surface area contributed by atoms with Crippen molar-refractivity contribution in [1.82, 2.24) is 10.2 Å². The molecule has 1 heterocycles. The first-order valence-electron chi connectivity index (χ1n) is 6.97. The molecular formula is C17H20FN3. The van der Waals surface area contributed by atoms with Gasteiger partial charge in [0, 0.05) is 12.0 Å². The third kappa shape index (κ3) is 4.12. The van der Waals surface area contributed by atoms with Crippen LogP contribution in [0.5, 0.6) is 0 Å². The predicted octanol–water partition coefficient (Wildman–Crippen LogP) is 4.04. The zero-order valence-corrected chi connectivity index (χ0v) is 12.6. The third-order valence-corrected chi connectivity index (χ3v) is 3.36. The molecule has 0 amide bonds. The molecule has 0 aliphatic carbocycles. The monoisotopic (exact) mass is 285 g/mol. The third-order valence-electron chi connectivity index (χ3n) is 3.36. The molecule has 0 aliphatic heterocycles. The molecule has 1 aromatic carbocycles. The van der Waals surface area contributed by atoms with Gasteiger partial charge < -0.3 is 5.32 Å². The Balaban J connectivity index is 2.02. The van der Waals surface area contributed by atoms with Gasteiger partial charge in [-0.25, -0.2) is 4.39 Å². The second kappa shape index (κ2) is 6.48. The Labute approximate surface area is 124 Å². The van der Waals surface area contributed by atoms with E-state index in [1.165, 1.54) is 12.1 Å². The summed E-state index contributed by atoms with van der Waals surface area (Å²) in [7, 11) is 0. The molecule has 0 unspecified atom stereocenters. The zero-order valence-electron chi connectivity index (χ0n) is 12.6. The normalized spacial score (nSPS) is 11.8. The van der Waals surface area contributed by atoms with Crippen LogP contribution in [-0.4, -0.2) is 16.7 Å². The molecule has 4 heteroatoms. The van der Waals surface area contributed by atoms with Gasteiger partial charge in [-0.1, -0.05) is 32.1 Å². The minimum Gasteiger partial charge on any atom is -0.368 e. The van der Waals surface area contributed by atoms with Crippen LogP contribution in [0.3, 0.4) is 0 Å². The molecule has 3 nitrogen and oxygen atoms in total. The molecule has 1 N–H and O–H groups in total. The molecular weight excluding hydrogens is 265 g/mol. The lowest BCUT2D eigenvalue weighted by Gasteiger charge is -2.25. The van der Waals surface area contributed by atoms with Gasteiger partial charge in [0.15, 0.2) is 0 Å². The van der Waals surface area contributed by atoms with E-state index in [0.717, 1.165) is 17.1 Å². The van der Waals surface area contributed by atoms with Gasteiger partial charge >= 0.3 is 0 Å². The lowest BCUT2D eigenvalue weighted by atomic mass is 9.84. The number of hydrogen-bond acceptors (Lipinski definition) is 3. The molecule has 0 saturated heterocycles. The quantitative estimate of drug-likeness (QED) is 0.901. The van der Waals surface area contributed by atoms with Gasteiger partial charge in [0.2, 0.25) is 0 Å². The number of allylic oxidation sites excluding steroid dienone is 1. The van der Waals surface area contributed by atoms with E-state index >= 15 is 0 Å². The highest BCUT2D eigenvalue weighted by Gasteiger charge is 2.20. The fourth-order valence-corrected chi connectivity index (χ4v) is 2.01. The van der Waals surface area contributed by atoms with E-state index in [2.05, 4.69) is 29.4 Å². The lowest BCUT2D eigenvalue weighted by molar-refractivity contribution is 0.552. The highest BCUT2D eigenvalue weighted by atomic mass is 19.1. The smallest absolute Gasteiger partial charge is 0.148 e. The molecule has 2 aromatic rings. The predicted molar refractivity (Wildman–Crippen MR) is 84.7 cm³/mol. The summed E-state index contributed by atoms with van der Waals surface area (Å²) in [5.41, 5.74) is 1.79. The van der Waals surface area contributed by atoms with Crippen LogP contribution in [0.1, 0.15) is 32.0 Å². The average Bonchev–Trinajstić information content (AvgIpc) is 2.47. The maximum Gasteiger partial charge on any atom is 0.148 e. The number of rotatable bonds is 5. The SMILES string of the molecule is CC=Cc1ccc(NCC(C)(C)c2ccc(F)cc2)nn1. The average molecular weight is 285 g/mol. The Bertz CT molecular complexity index is 601. The van der Waals surface area contributed by atoms with Crippen molar-refractivity contribution in [2.75, 3.05) is 11.9 Å². The van der Waals surface area contributed by atoms with E-state index in [4.69, 9.17) is 0 Å². The van der Waals surface area contributed by atoms with Gasteiger partial charge in [-0.3, -0.25) is 0 Å². The number of aromatic nitrogens is 2. The van der Waals surface area contributed by atoms with E-state index in [-0.39, 0.29) is 11.2 Å². The van der Waals surface area contributed by atoms with Crippen molar-refractivity contribution in [2.24, 2.45) is 0 Å². The maximum absolute atomic E-state index is 13.0. The van der Waals surface area contributed by atoms with Gasteiger partial charge in [0.1, 0.15) is 11.6 Å². The van der Waals surface area contributed by atoms with E-state index in [9.17, 15) is 4.39 Å². The topological polar surface area (TPSA) is 37.8 Å². The first kappa shape index (κ1) is 15.2. The van der Waals surface area contributed by atoms with Crippen LogP contribution in [0.2, 0.25) is 0 Å². The molecule has 0 saturated carbocycles. The van der Waals surface area contributed by atoms with Gasteiger partial charge in [-0.2, -0.15) is 0 Å². The van der Waals surface area contributed by atoms with E-state index < -0.39 is 0 Å². The van der Waals surface area contributed by atoms with Crippen molar-refractivity contribution in [3.63, 3.8) is 0 Å². The lowest BCUT2D eigenvalue weighted by Crippen LogP contribution is -2.28. The van der Waals surface area contributed by atoms with Crippen LogP contribution < -0.4 is 5.32 Å². The number of anilines is 1. The summed E-state index contributed by atoms with van der Waals surface area (Å²) >= 11 is 0. The van der Waals surface area contributed by atoms with Crippen LogP contribution in [-0.2, 0) is 5.41 Å². The van der Waals surface area contributed by atoms with Gasteiger partial charge in [0.25, 0.3) is 0 Å². The molecule has 0 radical (unpaired) electrons. The van der Waals surface area contributed by atoms with Crippen molar-refractivity contribution < 1.29 is 4.39 Å². The summed E-state index contributed by atoms with van der Waals surface area (Å²) in [4.78, 5) is 0. The van der Waals surface area contributed by atoms with Gasteiger partial charge in [-0.15, -0.1) is 10.2 Å². The van der Waals surface area contributed by atoms with Crippen molar-refractivity contribution in [2.45, 2.75) is 26.2 Å². The van der Waals surface area contributed by atoms with Crippen LogP contribution >= 0.6 is 0 Å². The summed E-state index contributed by atoms with van der Waals surface area (Å²) in [5, 5.41) is 11.5. The molecule has 110 valence electrons. The molecule has 0 atom stereocenters. The largest absolute Gasteiger partial charge is 0.368 e. The molecule has 0 fully saturated rings. The zero-order chi connectivity index (χ0) is 15.3. The highest BCUT2D eigenvalue weighted by molar-refractivity contribution is 5.46. The van der Waals surface area contributed by atoms with Crippen molar-refractivity contribution >= 4 is 11.9 Å². The van der Waals surface area contributed by atoms with E-state index in [1.54, 1.807) is 0 Å². The Morgan fingerprint density at radius 2 is 1.81 bits per heavy atom. The molecule has 0 aliphatic rings. The Morgan fingerprint density at radius 1 is 1.10 bits per heavy atom. The summed E-state index contributed by atoms with van der Waals surface area (Å²) in [6, 6.07) is 10.4. The van der Waals surface area contributed by atoms with Crippen LogP contribution in [0.4, 0.5) is 10.2 Å². The standard InChI is InChI=1S/C17H20FN3/c1-4-5-15-10-11-16(21-20-15)19-12-17(2,3)13-6-8-14(18)9-7-13/h4-11H,12H2,1-3H3,(H,19,21). The number of hydrogen-bond donors (Lipinski definition) is 1. The van der Waals surface area contributed by atoms with E-state index in [1.807, 2.05) is 43.3 Å².